The van der Waals surface area contributed by atoms with E-state index in [1.54, 1.807) is 0 Å². The molecule has 1 aliphatic heterocycles. The van der Waals surface area contributed by atoms with Crippen LogP contribution in [0.4, 0.5) is 10.8 Å². The fourth-order valence-electron chi connectivity index (χ4n) is 2.95. The molecular weight excluding hydrogens is 458 g/mol. The van der Waals surface area contributed by atoms with Crippen LogP contribution < -0.4 is 10.2 Å². The molecule has 33 heavy (non-hydrogen) atoms. The zero-order valence-electron chi connectivity index (χ0n) is 19.1. The number of hydrogen-bond acceptors (Lipinski definition) is 9. The van der Waals surface area contributed by atoms with Crippen LogP contribution in [0.2, 0.25) is 0 Å². The van der Waals surface area contributed by atoms with E-state index in [2.05, 4.69) is 25.5 Å². The molecule has 0 saturated heterocycles. The second kappa shape index (κ2) is 10.7. The Labute approximate surface area is 201 Å². The minimum Gasteiger partial charge on any atom is -0.378 e. The number of aromatic nitrogens is 2. The van der Waals surface area contributed by atoms with Gasteiger partial charge >= 0.3 is 0 Å². The summed E-state index contributed by atoms with van der Waals surface area (Å²) in [5.74, 6) is -1.70. The molecule has 3 rings (SSSR count). The molecule has 2 atom stereocenters. The predicted molar refractivity (Wildman–Crippen MR) is 133 cm³/mol. The molecule has 0 radical (unpaired) electrons. The summed E-state index contributed by atoms with van der Waals surface area (Å²) in [6, 6.07) is 9.43. The monoisotopic (exact) mass is 483 g/mol. The Kier molecular flexibility index (Phi) is 7.94. The highest BCUT2D eigenvalue weighted by Gasteiger charge is 2.32. The van der Waals surface area contributed by atoms with Crippen molar-refractivity contribution in [3.8, 4) is 6.07 Å². The number of anilines is 2. The van der Waals surface area contributed by atoms with Crippen molar-refractivity contribution >= 4 is 56.6 Å². The highest BCUT2D eigenvalue weighted by molar-refractivity contribution is 8.15. The molecule has 0 spiro atoms. The molecule has 1 N–H and O–H groups in total. The Morgan fingerprint density at radius 2 is 1.94 bits per heavy atom. The Morgan fingerprint density at radius 1 is 1.24 bits per heavy atom. The van der Waals surface area contributed by atoms with Crippen LogP contribution in [-0.4, -0.2) is 52.2 Å². The summed E-state index contributed by atoms with van der Waals surface area (Å²) in [6.07, 6.45) is 0.490. The van der Waals surface area contributed by atoms with Gasteiger partial charge in [0.2, 0.25) is 11.0 Å². The van der Waals surface area contributed by atoms with E-state index in [1.165, 1.54) is 11.3 Å². The Balaban J connectivity index is 1.80. The van der Waals surface area contributed by atoms with Crippen LogP contribution in [0.15, 0.2) is 34.3 Å². The quantitative estimate of drug-likeness (QED) is 0.637. The van der Waals surface area contributed by atoms with Gasteiger partial charge in [-0.15, -0.1) is 10.2 Å². The van der Waals surface area contributed by atoms with Gasteiger partial charge in [0.25, 0.3) is 5.91 Å². The Hall–Kier alpha value is -3.10. The molecule has 0 fully saturated rings. The van der Waals surface area contributed by atoms with Gasteiger partial charge in [0.15, 0.2) is 11.1 Å². The molecule has 2 heterocycles. The fourth-order valence-corrected chi connectivity index (χ4v) is 4.58. The van der Waals surface area contributed by atoms with Crippen LogP contribution in [0.3, 0.4) is 0 Å². The minimum absolute atomic E-state index is 0.167. The summed E-state index contributed by atoms with van der Waals surface area (Å²) in [5, 5.41) is 21.3. The number of rotatable bonds is 7. The first kappa shape index (κ1) is 24.5. The number of amides is 2. The first-order chi connectivity index (χ1) is 15.7. The molecule has 1 aromatic carbocycles. The summed E-state index contributed by atoms with van der Waals surface area (Å²) in [6.45, 7) is 5.88. The van der Waals surface area contributed by atoms with Crippen molar-refractivity contribution in [2.45, 2.75) is 38.4 Å². The normalized spacial score (nSPS) is 16.6. The lowest BCUT2D eigenvalue weighted by molar-refractivity contribution is -0.118. The van der Waals surface area contributed by atoms with Crippen LogP contribution in [0.25, 0.3) is 0 Å². The molecule has 1 aliphatic rings. The average molecular weight is 484 g/mol. The molecule has 2 aromatic rings. The van der Waals surface area contributed by atoms with Gasteiger partial charge in [-0.1, -0.05) is 56.0 Å². The summed E-state index contributed by atoms with van der Waals surface area (Å²) < 4.78 is 0. The number of aliphatic imine (C=N–C) groups is 2. The number of carbonyl (C=O) groups is 2. The van der Waals surface area contributed by atoms with Crippen LogP contribution in [0.1, 0.15) is 43.7 Å². The van der Waals surface area contributed by atoms with Crippen molar-refractivity contribution in [1.82, 2.24) is 10.2 Å². The molecule has 2 unspecified atom stereocenters. The first-order valence-electron chi connectivity index (χ1n) is 10.4. The third-order valence-electron chi connectivity index (χ3n) is 4.83. The average Bonchev–Trinajstić information content (AvgIpc) is 3.26. The summed E-state index contributed by atoms with van der Waals surface area (Å²) >= 11 is 2.43. The molecule has 11 heteroatoms. The molecule has 0 aliphatic carbocycles. The highest BCUT2D eigenvalue weighted by atomic mass is 32.2. The lowest BCUT2D eigenvalue weighted by Crippen LogP contribution is -2.30. The molecule has 0 bridgehead atoms. The van der Waals surface area contributed by atoms with E-state index in [0.29, 0.717) is 22.8 Å². The summed E-state index contributed by atoms with van der Waals surface area (Å²) in [4.78, 5) is 35.8. The number of hydrogen-bond donors (Lipinski definition) is 1. The maximum absolute atomic E-state index is 12.8. The van der Waals surface area contributed by atoms with E-state index in [-0.39, 0.29) is 17.0 Å². The molecule has 1 aromatic heterocycles. The van der Waals surface area contributed by atoms with E-state index in [4.69, 9.17) is 0 Å². The van der Waals surface area contributed by atoms with Gasteiger partial charge in [-0.2, -0.15) is 10.3 Å². The molecule has 0 saturated carbocycles. The minimum atomic E-state index is -1.08. The SMILES string of the molecule is CCC(SC1=NC(=O)C(C#N)C(c2ccc(N(C)C)cc2)=N1)C(=O)Nc1nnc(C(C)C)s1. The maximum atomic E-state index is 12.8. The number of nitriles is 1. The Morgan fingerprint density at radius 3 is 2.48 bits per heavy atom. The fraction of sp³-hybridized carbons (Fsp3) is 0.409. The van der Waals surface area contributed by atoms with Crippen molar-refractivity contribution < 1.29 is 9.59 Å². The topological polar surface area (TPSA) is 124 Å². The van der Waals surface area contributed by atoms with Crippen molar-refractivity contribution in [3.63, 3.8) is 0 Å². The van der Waals surface area contributed by atoms with Crippen molar-refractivity contribution in [2.24, 2.45) is 15.9 Å². The zero-order chi connectivity index (χ0) is 24.1. The number of thioether (sulfide) groups is 1. The number of nitrogens with one attached hydrogen (secondary N) is 1. The summed E-state index contributed by atoms with van der Waals surface area (Å²) in [5.41, 5.74) is 1.99. The smallest absolute Gasteiger partial charge is 0.271 e. The van der Waals surface area contributed by atoms with Gasteiger partial charge in [0, 0.05) is 25.7 Å². The van der Waals surface area contributed by atoms with Crippen molar-refractivity contribution in [3.05, 3.63) is 34.8 Å². The first-order valence-corrected chi connectivity index (χ1v) is 12.1. The van der Waals surface area contributed by atoms with Crippen LogP contribution in [-0.2, 0) is 9.59 Å². The standard InChI is InChI=1S/C22H25N7O2S2/c1-6-16(19(31)26-22-28-27-20(33-22)12(2)3)32-21-24-17(15(11-23)18(30)25-21)13-7-9-14(10-8-13)29(4)5/h7-10,12,15-16H,6H2,1-5H3,(H,26,28,31). The van der Waals surface area contributed by atoms with Gasteiger partial charge < -0.3 is 4.90 Å². The largest absolute Gasteiger partial charge is 0.378 e. The number of nitrogens with zero attached hydrogens (tertiary/aromatic N) is 6. The highest BCUT2D eigenvalue weighted by Crippen LogP contribution is 2.27. The predicted octanol–water partition coefficient (Wildman–Crippen LogP) is 3.70. The lowest BCUT2D eigenvalue weighted by atomic mass is 9.96. The van der Waals surface area contributed by atoms with Crippen LogP contribution >= 0.6 is 23.1 Å². The second-order valence-corrected chi connectivity index (χ2v) is 10.0. The second-order valence-electron chi connectivity index (χ2n) is 7.84. The van der Waals surface area contributed by atoms with Gasteiger partial charge in [-0.05, 0) is 24.1 Å². The lowest BCUT2D eigenvalue weighted by Gasteiger charge is -2.19. The Bertz CT molecular complexity index is 1130. The molecule has 2 amide bonds. The van der Waals surface area contributed by atoms with Gasteiger partial charge in [0.05, 0.1) is 17.0 Å². The van der Waals surface area contributed by atoms with E-state index in [1.807, 2.05) is 70.1 Å². The third kappa shape index (κ3) is 5.83. The number of carbonyl (C=O) groups excluding carboxylic acids is 2. The van der Waals surface area contributed by atoms with Crippen molar-refractivity contribution in [1.29, 1.82) is 5.26 Å². The van der Waals surface area contributed by atoms with Crippen LogP contribution in [0, 0.1) is 17.2 Å². The van der Waals surface area contributed by atoms with Gasteiger partial charge in [0.1, 0.15) is 5.01 Å². The van der Waals surface area contributed by atoms with Crippen molar-refractivity contribution in [2.75, 3.05) is 24.3 Å². The van der Waals surface area contributed by atoms with E-state index >= 15 is 0 Å². The van der Waals surface area contributed by atoms with Gasteiger partial charge in [-0.25, -0.2) is 4.99 Å². The van der Waals surface area contributed by atoms with Gasteiger partial charge in [-0.3, -0.25) is 14.9 Å². The molecule has 9 nitrogen and oxygen atoms in total. The molecular formula is C22H25N7O2S2. The zero-order valence-corrected chi connectivity index (χ0v) is 20.7. The van der Waals surface area contributed by atoms with E-state index in [0.717, 1.165) is 22.5 Å². The van der Waals surface area contributed by atoms with E-state index in [9.17, 15) is 14.9 Å². The number of amidine groups is 1. The molecule has 172 valence electrons. The summed E-state index contributed by atoms with van der Waals surface area (Å²) in [7, 11) is 3.86. The van der Waals surface area contributed by atoms with Crippen LogP contribution in [0.5, 0.6) is 0 Å². The maximum Gasteiger partial charge on any atom is 0.271 e. The number of benzene rings is 1. The third-order valence-corrected chi connectivity index (χ3v) is 7.19. The van der Waals surface area contributed by atoms with E-state index < -0.39 is 17.1 Å².